The molecule has 78 valence electrons. The van der Waals surface area contributed by atoms with Gasteiger partial charge in [0.2, 0.25) is 0 Å². The molecule has 0 aromatic carbocycles. The van der Waals surface area contributed by atoms with E-state index in [2.05, 4.69) is 5.32 Å². The van der Waals surface area contributed by atoms with Gasteiger partial charge < -0.3 is 15.2 Å². The van der Waals surface area contributed by atoms with Crippen molar-refractivity contribution in [2.24, 2.45) is 5.73 Å². The summed E-state index contributed by atoms with van der Waals surface area (Å²) in [4.78, 5) is 10.3. The minimum Gasteiger partial charge on any atom is -0.352 e. The summed E-state index contributed by atoms with van der Waals surface area (Å²) in [6.45, 7) is 0.687. The van der Waals surface area contributed by atoms with Crippen LogP contribution in [0.3, 0.4) is 0 Å². The summed E-state index contributed by atoms with van der Waals surface area (Å²) in [5.74, 6) is 1.04. The Balaban J connectivity index is 2.87. The van der Waals surface area contributed by atoms with Crippen LogP contribution in [0.1, 0.15) is 25.7 Å². The zero-order valence-corrected chi connectivity index (χ0v) is 8.86. The molecule has 0 fully saturated rings. The number of urea groups is 1. The summed E-state index contributed by atoms with van der Waals surface area (Å²) in [6, 6.07) is -0.435. The van der Waals surface area contributed by atoms with E-state index in [4.69, 9.17) is 9.92 Å². The maximum absolute atomic E-state index is 10.3. The smallest absolute Gasteiger partial charge is 0.312 e. The molecule has 0 aliphatic rings. The highest BCUT2D eigenvalue weighted by Gasteiger charge is 1.92. The first-order chi connectivity index (χ1) is 6.27. The van der Waals surface area contributed by atoms with Gasteiger partial charge in [0.15, 0.2) is 0 Å². The number of amides is 2. The number of hydrogen-bond donors (Lipinski definition) is 2. The first-order valence-electron chi connectivity index (χ1n) is 4.46. The lowest BCUT2D eigenvalue weighted by Gasteiger charge is -2.01. The third-order valence-electron chi connectivity index (χ3n) is 1.57. The number of carbonyl (C=O) groups is 1. The van der Waals surface area contributed by atoms with E-state index in [0.29, 0.717) is 6.54 Å². The van der Waals surface area contributed by atoms with Crippen LogP contribution in [0.2, 0.25) is 0 Å². The average molecular weight is 206 g/mol. The minimum atomic E-state index is -0.435. The van der Waals surface area contributed by atoms with Crippen molar-refractivity contribution in [2.45, 2.75) is 25.7 Å². The van der Waals surface area contributed by atoms with Gasteiger partial charge in [-0.05, 0) is 24.9 Å². The van der Waals surface area contributed by atoms with Gasteiger partial charge in [-0.15, -0.1) is 0 Å². The summed E-state index contributed by atoms with van der Waals surface area (Å²) in [6.07, 6.45) is 4.47. The van der Waals surface area contributed by atoms with Crippen LogP contribution in [0.5, 0.6) is 0 Å². The van der Waals surface area contributed by atoms with Crippen LogP contribution in [0.25, 0.3) is 0 Å². The van der Waals surface area contributed by atoms with Crippen LogP contribution in [-0.4, -0.2) is 25.4 Å². The zero-order valence-electron chi connectivity index (χ0n) is 8.04. The van der Waals surface area contributed by atoms with E-state index >= 15 is 0 Å². The first-order valence-corrected chi connectivity index (χ1v) is 5.37. The number of hydrogen-bond acceptors (Lipinski definition) is 3. The lowest BCUT2D eigenvalue weighted by atomic mass is 10.2. The number of nitrogens with two attached hydrogens (primary N) is 1. The molecule has 0 heterocycles. The quantitative estimate of drug-likeness (QED) is 0.467. The van der Waals surface area contributed by atoms with E-state index in [9.17, 15) is 4.79 Å². The summed E-state index contributed by atoms with van der Waals surface area (Å²) in [5.41, 5.74) is 4.90. The van der Waals surface area contributed by atoms with E-state index in [1.54, 1.807) is 7.11 Å². The monoisotopic (exact) mass is 206 g/mol. The van der Waals surface area contributed by atoms with Gasteiger partial charge in [0.25, 0.3) is 0 Å². The van der Waals surface area contributed by atoms with Gasteiger partial charge in [0, 0.05) is 12.3 Å². The van der Waals surface area contributed by atoms with E-state index in [1.807, 2.05) is 0 Å². The zero-order chi connectivity index (χ0) is 9.94. The van der Waals surface area contributed by atoms with Crippen molar-refractivity contribution >= 4 is 18.1 Å². The van der Waals surface area contributed by atoms with Gasteiger partial charge in [-0.3, -0.25) is 0 Å². The molecule has 0 spiro atoms. The normalized spacial score (nSPS) is 9.92. The predicted octanol–water partition coefficient (Wildman–Crippen LogP) is 1.51. The molecule has 0 saturated carbocycles. The van der Waals surface area contributed by atoms with Crippen LogP contribution >= 0.6 is 12.0 Å². The molecule has 3 N–H and O–H groups in total. The number of unbranched alkanes of at least 4 members (excludes halogenated alkanes) is 3. The SMILES string of the molecule is COSCCCCCCNC(N)=O. The van der Waals surface area contributed by atoms with E-state index in [-0.39, 0.29) is 0 Å². The maximum Gasteiger partial charge on any atom is 0.312 e. The summed E-state index contributed by atoms with van der Waals surface area (Å²) < 4.78 is 4.84. The third kappa shape index (κ3) is 11.6. The molecule has 0 atom stereocenters. The molecule has 0 aromatic rings. The number of nitrogens with one attached hydrogen (secondary N) is 1. The summed E-state index contributed by atoms with van der Waals surface area (Å²) >= 11 is 1.49. The van der Waals surface area contributed by atoms with Gasteiger partial charge in [0.05, 0.1) is 7.11 Å². The number of rotatable bonds is 8. The second-order valence-corrected chi connectivity index (χ2v) is 3.67. The molecular weight excluding hydrogens is 188 g/mol. The van der Waals surface area contributed by atoms with Crippen LogP contribution in [0.15, 0.2) is 0 Å². The minimum absolute atomic E-state index is 0.435. The van der Waals surface area contributed by atoms with Crippen LogP contribution in [-0.2, 0) is 4.18 Å². The molecule has 5 heteroatoms. The Morgan fingerprint density at radius 1 is 1.38 bits per heavy atom. The van der Waals surface area contributed by atoms with Gasteiger partial charge >= 0.3 is 6.03 Å². The molecule has 0 aliphatic carbocycles. The van der Waals surface area contributed by atoms with Crippen molar-refractivity contribution in [3.05, 3.63) is 0 Å². The molecule has 0 unspecified atom stereocenters. The van der Waals surface area contributed by atoms with Crippen molar-refractivity contribution < 1.29 is 8.98 Å². The fourth-order valence-corrected chi connectivity index (χ4v) is 1.42. The van der Waals surface area contributed by atoms with Crippen LogP contribution in [0, 0.1) is 0 Å². The topological polar surface area (TPSA) is 64.3 Å². The molecule has 0 rings (SSSR count). The van der Waals surface area contributed by atoms with Gasteiger partial charge in [-0.2, -0.15) is 0 Å². The highest BCUT2D eigenvalue weighted by Crippen LogP contribution is 2.06. The average Bonchev–Trinajstić information content (AvgIpc) is 2.09. The van der Waals surface area contributed by atoms with Crippen molar-refractivity contribution in [3.8, 4) is 0 Å². The van der Waals surface area contributed by atoms with Crippen LogP contribution < -0.4 is 11.1 Å². The lowest BCUT2D eigenvalue weighted by Crippen LogP contribution is -2.29. The van der Waals surface area contributed by atoms with E-state index in [0.717, 1.165) is 25.0 Å². The van der Waals surface area contributed by atoms with Crippen LogP contribution in [0.4, 0.5) is 4.79 Å². The second-order valence-electron chi connectivity index (χ2n) is 2.69. The Hall–Kier alpha value is -0.420. The molecule has 2 amide bonds. The van der Waals surface area contributed by atoms with E-state index in [1.165, 1.54) is 18.5 Å². The molecule has 0 aromatic heterocycles. The Kier molecular flexibility index (Phi) is 9.35. The van der Waals surface area contributed by atoms with Crippen molar-refractivity contribution in [1.29, 1.82) is 0 Å². The fraction of sp³-hybridized carbons (Fsp3) is 0.875. The third-order valence-corrected chi connectivity index (χ3v) is 2.26. The molecule has 13 heavy (non-hydrogen) atoms. The van der Waals surface area contributed by atoms with Gasteiger partial charge in [-0.1, -0.05) is 12.8 Å². The highest BCUT2D eigenvalue weighted by molar-refractivity contribution is 7.94. The van der Waals surface area contributed by atoms with Crippen molar-refractivity contribution in [3.63, 3.8) is 0 Å². The Morgan fingerprint density at radius 2 is 2.08 bits per heavy atom. The van der Waals surface area contributed by atoms with Crippen molar-refractivity contribution in [2.75, 3.05) is 19.4 Å². The molecule has 4 nitrogen and oxygen atoms in total. The Morgan fingerprint density at radius 3 is 2.69 bits per heavy atom. The van der Waals surface area contributed by atoms with Gasteiger partial charge in [-0.25, -0.2) is 4.79 Å². The predicted molar refractivity (Wildman–Crippen MR) is 55.5 cm³/mol. The standard InChI is InChI=1S/C8H18N2O2S/c1-12-13-7-5-3-2-4-6-10-8(9)11/h2-7H2,1H3,(H3,9,10,11). The first kappa shape index (κ1) is 12.6. The molecule has 0 aliphatic heterocycles. The Labute approximate surface area is 83.8 Å². The number of carbonyl (C=O) groups excluding carboxylic acids is 1. The lowest BCUT2D eigenvalue weighted by molar-refractivity contribution is 0.248. The number of primary amides is 1. The molecule has 0 bridgehead atoms. The highest BCUT2D eigenvalue weighted by atomic mass is 32.2. The van der Waals surface area contributed by atoms with E-state index < -0.39 is 6.03 Å². The van der Waals surface area contributed by atoms with Crippen molar-refractivity contribution in [1.82, 2.24) is 5.32 Å². The molecule has 0 radical (unpaired) electrons. The molecular formula is C8H18N2O2S. The summed E-state index contributed by atoms with van der Waals surface area (Å²) in [7, 11) is 1.68. The maximum atomic E-state index is 10.3. The molecule has 0 saturated heterocycles. The fourth-order valence-electron chi connectivity index (χ4n) is 0.934. The van der Waals surface area contributed by atoms with Gasteiger partial charge in [0.1, 0.15) is 0 Å². The Bertz CT molecular complexity index is 133. The second kappa shape index (κ2) is 9.67. The summed E-state index contributed by atoms with van der Waals surface area (Å²) in [5, 5.41) is 2.56. The largest absolute Gasteiger partial charge is 0.352 e.